The molecule has 3 nitrogen and oxygen atoms in total. The Morgan fingerprint density at radius 2 is 1.81 bits per heavy atom. The molecule has 0 bridgehead atoms. The molecular weight excluding hydrogens is 274 g/mol. The lowest BCUT2D eigenvalue weighted by Crippen LogP contribution is -2.49. The first-order valence-electron chi connectivity index (χ1n) is 8.47. The van der Waals surface area contributed by atoms with E-state index in [4.69, 9.17) is 0 Å². The highest BCUT2D eigenvalue weighted by atomic mass is 19.3. The van der Waals surface area contributed by atoms with Gasteiger partial charge in [-0.05, 0) is 45.1 Å². The number of nitrogens with zero attached hydrogens (tertiary/aromatic N) is 1. The Kier molecular flexibility index (Phi) is 4.48. The molecule has 1 amide bonds. The zero-order valence-corrected chi connectivity index (χ0v) is 12.6. The number of alkyl halides is 2. The predicted octanol–water partition coefficient (Wildman–Crippen LogP) is 2.95. The molecule has 1 heterocycles. The van der Waals surface area contributed by atoms with Crippen molar-refractivity contribution in [3.8, 4) is 0 Å². The third-order valence-electron chi connectivity index (χ3n) is 5.17. The third-order valence-corrected chi connectivity index (χ3v) is 5.17. The molecule has 1 atom stereocenters. The summed E-state index contributed by atoms with van der Waals surface area (Å²) < 4.78 is 26.5. The first-order chi connectivity index (χ1) is 10.1. The molecule has 2 aliphatic carbocycles. The maximum Gasteiger partial charge on any atom is 0.248 e. The molecule has 1 N–H and O–H groups in total. The van der Waals surface area contributed by atoms with Gasteiger partial charge in [0.05, 0.1) is 0 Å². The second-order valence-corrected chi connectivity index (χ2v) is 7.00. The fraction of sp³-hybridized carbons (Fsp3) is 0.938. The average Bonchev–Trinajstić information content (AvgIpc) is 3.30. The Labute approximate surface area is 125 Å². The monoisotopic (exact) mass is 300 g/mol. The second kappa shape index (κ2) is 6.19. The van der Waals surface area contributed by atoms with Crippen LogP contribution < -0.4 is 5.32 Å². The highest BCUT2D eigenvalue weighted by molar-refractivity contribution is 5.79. The SMILES string of the molecule is O=C(C1CCC(F)(F)CC1)N(CC1CCCCN1)C1CC1. The number of rotatable bonds is 4. The number of halogens is 2. The van der Waals surface area contributed by atoms with Gasteiger partial charge in [-0.2, -0.15) is 0 Å². The van der Waals surface area contributed by atoms with Crippen molar-refractivity contribution in [2.75, 3.05) is 13.1 Å². The summed E-state index contributed by atoms with van der Waals surface area (Å²) in [5.74, 6) is -2.58. The standard InChI is InChI=1S/C16H26F2N2O/c17-16(18)8-6-12(7-9-16)15(21)20(14-4-5-14)11-13-3-1-2-10-19-13/h12-14,19H,1-11H2. The van der Waals surface area contributed by atoms with Crippen LogP contribution in [0.15, 0.2) is 0 Å². The van der Waals surface area contributed by atoms with E-state index in [1.807, 2.05) is 4.90 Å². The van der Waals surface area contributed by atoms with Gasteiger partial charge >= 0.3 is 0 Å². The van der Waals surface area contributed by atoms with Crippen LogP contribution in [0.2, 0.25) is 0 Å². The summed E-state index contributed by atoms with van der Waals surface area (Å²) in [5, 5.41) is 3.49. The highest BCUT2D eigenvalue weighted by Crippen LogP contribution is 2.38. The van der Waals surface area contributed by atoms with Gasteiger partial charge in [0.25, 0.3) is 0 Å². The van der Waals surface area contributed by atoms with Crippen molar-refractivity contribution in [1.29, 1.82) is 0 Å². The Morgan fingerprint density at radius 3 is 2.38 bits per heavy atom. The number of nitrogens with one attached hydrogen (secondary N) is 1. The molecule has 5 heteroatoms. The van der Waals surface area contributed by atoms with Gasteiger partial charge in [-0.25, -0.2) is 8.78 Å². The Hall–Kier alpha value is -0.710. The van der Waals surface area contributed by atoms with Crippen LogP contribution in [0, 0.1) is 5.92 Å². The Balaban J connectivity index is 1.57. The summed E-state index contributed by atoms with van der Waals surface area (Å²) in [5.41, 5.74) is 0. The van der Waals surface area contributed by atoms with Crippen molar-refractivity contribution in [2.45, 2.75) is 75.8 Å². The topological polar surface area (TPSA) is 32.3 Å². The minimum atomic E-state index is -2.55. The minimum absolute atomic E-state index is 0.121. The first kappa shape index (κ1) is 15.2. The molecule has 1 saturated heterocycles. The first-order valence-corrected chi connectivity index (χ1v) is 8.47. The van der Waals surface area contributed by atoms with Crippen LogP contribution in [0.5, 0.6) is 0 Å². The van der Waals surface area contributed by atoms with Gasteiger partial charge in [-0.1, -0.05) is 6.42 Å². The zero-order valence-electron chi connectivity index (χ0n) is 12.6. The van der Waals surface area contributed by atoms with E-state index in [1.54, 1.807) is 0 Å². The van der Waals surface area contributed by atoms with E-state index >= 15 is 0 Å². The van der Waals surface area contributed by atoms with E-state index < -0.39 is 5.92 Å². The van der Waals surface area contributed by atoms with Crippen LogP contribution in [0.25, 0.3) is 0 Å². The van der Waals surface area contributed by atoms with Crippen LogP contribution in [0.1, 0.15) is 57.8 Å². The smallest absolute Gasteiger partial charge is 0.248 e. The minimum Gasteiger partial charge on any atom is -0.338 e. The van der Waals surface area contributed by atoms with E-state index in [0.717, 1.165) is 32.4 Å². The number of hydrogen-bond donors (Lipinski definition) is 1. The molecule has 120 valence electrons. The number of carbonyl (C=O) groups is 1. The molecule has 3 fully saturated rings. The largest absolute Gasteiger partial charge is 0.338 e. The van der Waals surface area contributed by atoms with Gasteiger partial charge in [-0.3, -0.25) is 4.79 Å². The summed E-state index contributed by atoms with van der Waals surface area (Å²) in [7, 11) is 0. The normalized spacial score (nSPS) is 30.1. The van der Waals surface area contributed by atoms with Crippen LogP contribution in [-0.2, 0) is 4.79 Å². The van der Waals surface area contributed by atoms with Crippen LogP contribution >= 0.6 is 0 Å². The highest BCUT2D eigenvalue weighted by Gasteiger charge is 2.42. The van der Waals surface area contributed by atoms with Crippen molar-refractivity contribution in [2.24, 2.45) is 5.92 Å². The fourth-order valence-corrected chi connectivity index (χ4v) is 3.64. The van der Waals surface area contributed by atoms with Crippen molar-refractivity contribution in [3.05, 3.63) is 0 Å². The van der Waals surface area contributed by atoms with Crippen molar-refractivity contribution in [1.82, 2.24) is 10.2 Å². The zero-order chi connectivity index (χ0) is 14.9. The molecule has 2 saturated carbocycles. The maximum atomic E-state index is 13.3. The van der Waals surface area contributed by atoms with Crippen molar-refractivity contribution in [3.63, 3.8) is 0 Å². The molecule has 3 aliphatic rings. The number of piperidine rings is 1. The van der Waals surface area contributed by atoms with Crippen LogP contribution in [0.4, 0.5) is 8.78 Å². The summed E-state index contributed by atoms with van der Waals surface area (Å²) >= 11 is 0. The molecular formula is C16H26F2N2O. The number of carbonyl (C=O) groups excluding carboxylic acids is 1. The molecule has 0 radical (unpaired) electrons. The second-order valence-electron chi connectivity index (χ2n) is 7.00. The molecule has 0 aromatic heterocycles. The maximum absolute atomic E-state index is 13.3. The van der Waals surface area contributed by atoms with Gasteiger partial charge in [-0.15, -0.1) is 0 Å². The number of hydrogen-bond acceptors (Lipinski definition) is 2. The molecule has 21 heavy (non-hydrogen) atoms. The van der Waals surface area contributed by atoms with Gasteiger partial charge in [0.2, 0.25) is 11.8 Å². The van der Waals surface area contributed by atoms with E-state index in [1.165, 1.54) is 12.8 Å². The molecule has 1 unspecified atom stereocenters. The van der Waals surface area contributed by atoms with Gasteiger partial charge in [0.15, 0.2) is 0 Å². The molecule has 0 aromatic carbocycles. The quantitative estimate of drug-likeness (QED) is 0.866. The molecule has 3 rings (SSSR count). The van der Waals surface area contributed by atoms with E-state index in [2.05, 4.69) is 5.32 Å². The lowest BCUT2D eigenvalue weighted by molar-refractivity contribution is -0.140. The number of amides is 1. The molecule has 1 aliphatic heterocycles. The Morgan fingerprint density at radius 1 is 1.10 bits per heavy atom. The van der Waals surface area contributed by atoms with E-state index in [-0.39, 0.29) is 24.7 Å². The van der Waals surface area contributed by atoms with E-state index in [0.29, 0.717) is 24.9 Å². The van der Waals surface area contributed by atoms with Gasteiger partial charge in [0, 0.05) is 37.4 Å². The van der Waals surface area contributed by atoms with Crippen molar-refractivity contribution >= 4 is 5.91 Å². The summed E-state index contributed by atoms with van der Waals surface area (Å²) in [6, 6.07) is 0.775. The van der Waals surface area contributed by atoms with Gasteiger partial charge in [0.1, 0.15) is 0 Å². The lowest BCUT2D eigenvalue weighted by atomic mass is 9.85. The third kappa shape index (κ3) is 3.93. The van der Waals surface area contributed by atoms with Crippen LogP contribution in [-0.4, -0.2) is 41.9 Å². The fourth-order valence-electron chi connectivity index (χ4n) is 3.64. The van der Waals surface area contributed by atoms with Crippen molar-refractivity contribution < 1.29 is 13.6 Å². The summed E-state index contributed by atoms with van der Waals surface area (Å²) in [6.07, 6.45) is 6.20. The molecule has 0 aromatic rings. The summed E-state index contributed by atoms with van der Waals surface area (Å²) in [4.78, 5) is 14.7. The summed E-state index contributed by atoms with van der Waals surface area (Å²) in [6.45, 7) is 1.81. The van der Waals surface area contributed by atoms with Crippen LogP contribution in [0.3, 0.4) is 0 Å². The predicted molar refractivity (Wildman–Crippen MR) is 77.3 cm³/mol. The Bertz CT molecular complexity index is 368. The van der Waals surface area contributed by atoms with Gasteiger partial charge < -0.3 is 10.2 Å². The van der Waals surface area contributed by atoms with E-state index in [9.17, 15) is 13.6 Å². The molecule has 0 spiro atoms. The average molecular weight is 300 g/mol. The lowest BCUT2D eigenvalue weighted by Gasteiger charge is -2.35.